The fourth-order valence-corrected chi connectivity index (χ4v) is 5.19. The van der Waals surface area contributed by atoms with E-state index >= 15 is 0 Å². The summed E-state index contributed by atoms with van der Waals surface area (Å²) in [6.07, 6.45) is -1.51. The van der Waals surface area contributed by atoms with Gasteiger partial charge in [0.15, 0.2) is 5.69 Å². The van der Waals surface area contributed by atoms with Gasteiger partial charge >= 0.3 is 12.3 Å². The number of ether oxygens (including phenoxy) is 1. The van der Waals surface area contributed by atoms with Crippen molar-refractivity contribution in [3.05, 3.63) is 48.0 Å². The first kappa shape index (κ1) is 27.9. The summed E-state index contributed by atoms with van der Waals surface area (Å²) < 4.78 is 42.5. The molecule has 2 aliphatic heterocycles. The third-order valence-electron chi connectivity index (χ3n) is 7.09. The minimum atomic E-state index is -4.68. The van der Waals surface area contributed by atoms with Crippen molar-refractivity contribution in [2.75, 3.05) is 39.3 Å². The Bertz CT molecular complexity index is 1110. The number of rotatable bonds is 8. The van der Waals surface area contributed by atoms with Gasteiger partial charge in [0.2, 0.25) is 5.91 Å². The molecular formula is C25H32F3N5O5. The van der Waals surface area contributed by atoms with Gasteiger partial charge in [-0.3, -0.25) is 9.69 Å². The fourth-order valence-electron chi connectivity index (χ4n) is 5.19. The third-order valence-corrected chi connectivity index (χ3v) is 7.09. The average Bonchev–Trinajstić information content (AvgIpc) is 3.28. The molecule has 0 spiro atoms. The average molecular weight is 540 g/mol. The van der Waals surface area contributed by atoms with Gasteiger partial charge in [0.1, 0.15) is 5.75 Å². The predicted molar refractivity (Wildman–Crippen MR) is 129 cm³/mol. The second kappa shape index (κ2) is 11.7. The summed E-state index contributed by atoms with van der Waals surface area (Å²) in [6, 6.07) is 6.02. The monoisotopic (exact) mass is 539 g/mol. The zero-order valence-electron chi connectivity index (χ0n) is 21.0. The molecule has 1 aromatic carbocycles. The Hall–Kier alpha value is -3.16. The van der Waals surface area contributed by atoms with E-state index in [-0.39, 0.29) is 23.5 Å². The molecule has 10 nitrogen and oxygen atoms in total. The second-order valence-electron chi connectivity index (χ2n) is 10.0. The van der Waals surface area contributed by atoms with E-state index in [1.807, 2.05) is 0 Å². The SMILES string of the molecule is Cn1cnc(C(=O)O)c1.O=C(CN1CC2C(CNCc3cccc(OC(F)(F)F)c3)C2C1)N1CCC(O)C1. The summed E-state index contributed by atoms with van der Waals surface area (Å²) in [7, 11) is 1.72. The van der Waals surface area contributed by atoms with E-state index in [1.54, 1.807) is 28.6 Å². The van der Waals surface area contributed by atoms with Crippen LogP contribution < -0.4 is 10.1 Å². The maximum absolute atomic E-state index is 12.3. The molecule has 1 aliphatic carbocycles. The molecule has 13 heteroatoms. The van der Waals surface area contributed by atoms with E-state index in [9.17, 15) is 27.9 Å². The second-order valence-corrected chi connectivity index (χ2v) is 10.0. The molecule has 3 fully saturated rings. The number of hydrogen-bond donors (Lipinski definition) is 3. The van der Waals surface area contributed by atoms with Crippen LogP contribution in [0.5, 0.6) is 5.75 Å². The number of aromatic carboxylic acids is 1. The number of aryl methyl sites for hydroxylation is 1. The van der Waals surface area contributed by atoms with Crippen molar-refractivity contribution < 1.29 is 37.7 Å². The number of fused-ring (bicyclic) bond motifs is 1. The van der Waals surface area contributed by atoms with Crippen molar-refractivity contribution in [2.24, 2.45) is 24.8 Å². The first-order chi connectivity index (χ1) is 18.0. The molecule has 1 saturated carbocycles. The third kappa shape index (κ3) is 7.68. The van der Waals surface area contributed by atoms with Gasteiger partial charge in [-0.1, -0.05) is 12.1 Å². The number of aliphatic hydroxyl groups excluding tert-OH is 1. The van der Waals surface area contributed by atoms with E-state index in [0.29, 0.717) is 50.4 Å². The van der Waals surface area contributed by atoms with Crippen LogP contribution in [0.4, 0.5) is 13.2 Å². The summed E-state index contributed by atoms with van der Waals surface area (Å²) in [4.78, 5) is 29.9. The molecule has 3 heterocycles. The number of carbonyl (C=O) groups excluding carboxylic acids is 1. The number of β-amino-alcohol motifs (C(OH)–C–C–N with tert-alkyl or cyclic N) is 1. The standard InChI is InChI=1S/C20H26F3N3O3.C5H6N2O2/c21-20(22,23)29-15-3-1-2-13(6-15)7-24-8-16-17-10-25(11-18(16)17)12-19(28)26-5-4-14(27)9-26;1-7-2-4(5(8)9)6-3-7/h1-3,6,14,16-18,24,27H,4-5,7-12H2;2-3H,1H3,(H,8,9). The highest BCUT2D eigenvalue weighted by atomic mass is 19.4. The van der Waals surface area contributed by atoms with Crippen molar-refractivity contribution in [3.8, 4) is 5.75 Å². The number of imidazole rings is 1. The minimum Gasteiger partial charge on any atom is -0.476 e. The quantitative estimate of drug-likeness (QED) is 0.463. The highest BCUT2D eigenvalue weighted by molar-refractivity contribution is 5.84. The lowest BCUT2D eigenvalue weighted by atomic mass is 10.2. The zero-order chi connectivity index (χ0) is 27.4. The van der Waals surface area contributed by atoms with Crippen LogP contribution in [0.1, 0.15) is 22.5 Å². The van der Waals surface area contributed by atoms with Crippen LogP contribution in [0.15, 0.2) is 36.8 Å². The van der Waals surface area contributed by atoms with E-state index in [1.165, 1.54) is 24.7 Å². The Balaban J connectivity index is 0.000000317. The Morgan fingerprint density at radius 1 is 1.21 bits per heavy atom. The van der Waals surface area contributed by atoms with E-state index in [4.69, 9.17) is 5.11 Å². The maximum Gasteiger partial charge on any atom is 0.573 e. The number of aliphatic hydroxyl groups is 1. The first-order valence-electron chi connectivity index (χ1n) is 12.4. The van der Waals surface area contributed by atoms with Gasteiger partial charge in [-0.2, -0.15) is 0 Å². The van der Waals surface area contributed by atoms with Crippen molar-refractivity contribution in [1.29, 1.82) is 0 Å². The highest BCUT2D eigenvalue weighted by Crippen LogP contribution is 2.51. The van der Waals surface area contributed by atoms with Gasteiger partial charge in [0.25, 0.3) is 0 Å². The predicted octanol–water partition coefficient (Wildman–Crippen LogP) is 1.56. The van der Waals surface area contributed by atoms with Crippen LogP contribution in [0.3, 0.4) is 0 Å². The van der Waals surface area contributed by atoms with Gasteiger partial charge in [-0.25, -0.2) is 9.78 Å². The summed E-state index contributed by atoms with van der Waals surface area (Å²) >= 11 is 0. The first-order valence-corrected chi connectivity index (χ1v) is 12.4. The van der Waals surface area contributed by atoms with Crippen LogP contribution in [0.25, 0.3) is 0 Å². The molecule has 208 valence electrons. The molecular weight excluding hydrogens is 507 g/mol. The zero-order valence-corrected chi connectivity index (χ0v) is 21.0. The van der Waals surface area contributed by atoms with Gasteiger partial charge < -0.3 is 29.7 Å². The van der Waals surface area contributed by atoms with Gasteiger partial charge in [-0.15, -0.1) is 13.2 Å². The number of amides is 1. The number of nitrogens with one attached hydrogen (secondary N) is 1. The van der Waals surface area contributed by atoms with Crippen LogP contribution >= 0.6 is 0 Å². The van der Waals surface area contributed by atoms with Crippen molar-refractivity contribution >= 4 is 11.9 Å². The summed E-state index contributed by atoms with van der Waals surface area (Å²) in [5.41, 5.74) is 0.829. The number of piperidine rings is 1. The molecule has 2 saturated heterocycles. The molecule has 1 aromatic heterocycles. The van der Waals surface area contributed by atoms with Gasteiger partial charge in [0.05, 0.1) is 19.0 Å². The number of hydrogen-bond acceptors (Lipinski definition) is 7. The molecule has 1 amide bonds. The van der Waals surface area contributed by atoms with Gasteiger partial charge in [0, 0.05) is 46.0 Å². The minimum absolute atomic E-state index is 0.0810. The van der Waals surface area contributed by atoms with Crippen LogP contribution in [0, 0.1) is 17.8 Å². The van der Waals surface area contributed by atoms with Crippen LogP contribution in [-0.4, -0.2) is 93.2 Å². The molecule has 3 N–H and O–H groups in total. The van der Waals surface area contributed by atoms with Crippen molar-refractivity contribution in [3.63, 3.8) is 0 Å². The molecule has 38 heavy (non-hydrogen) atoms. The Kier molecular flexibility index (Phi) is 8.58. The Morgan fingerprint density at radius 2 is 1.95 bits per heavy atom. The number of alkyl halides is 3. The van der Waals surface area contributed by atoms with E-state index in [2.05, 4.69) is 19.9 Å². The number of benzene rings is 1. The number of carbonyl (C=O) groups is 2. The van der Waals surface area contributed by atoms with Crippen LogP contribution in [0.2, 0.25) is 0 Å². The summed E-state index contributed by atoms with van der Waals surface area (Å²) in [6.45, 7) is 4.64. The van der Waals surface area contributed by atoms with Crippen LogP contribution in [-0.2, 0) is 18.4 Å². The number of aromatic nitrogens is 2. The number of carboxylic acid groups (broad SMARTS) is 1. The fraction of sp³-hybridized carbons (Fsp3) is 0.560. The lowest BCUT2D eigenvalue weighted by Gasteiger charge is -2.23. The summed E-state index contributed by atoms with van der Waals surface area (Å²) in [5, 5.41) is 21.2. The van der Waals surface area contributed by atoms with E-state index in [0.717, 1.165) is 25.2 Å². The van der Waals surface area contributed by atoms with Crippen molar-refractivity contribution in [1.82, 2.24) is 24.7 Å². The smallest absolute Gasteiger partial charge is 0.476 e. The normalized spacial score (nSPS) is 24.5. The molecule has 3 aliphatic rings. The lowest BCUT2D eigenvalue weighted by molar-refractivity contribution is -0.274. The number of halogens is 3. The van der Waals surface area contributed by atoms with E-state index < -0.39 is 12.3 Å². The molecule has 2 aromatic rings. The Labute approximate surface area is 218 Å². The largest absolute Gasteiger partial charge is 0.573 e. The highest BCUT2D eigenvalue weighted by Gasteiger charge is 2.55. The van der Waals surface area contributed by atoms with Crippen molar-refractivity contribution in [2.45, 2.75) is 25.4 Å². The summed E-state index contributed by atoms with van der Waals surface area (Å²) in [5.74, 6) is 0.628. The topological polar surface area (TPSA) is 120 Å². The number of nitrogens with zero attached hydrogens (tertiary/aromatic N) is 4. The number of carboxylic acids is 1. The molecule has 0 bridgehead atoms. The van der Waals surface area contributed by atoms with Gasteiger partial charge in [-0.05, 0) is 48.4 Å². The Morgan fingerprint density at radius 3 is 2.50 bits per heavy atom. The maximum atomic E-state index is 12.3. The lowest BCUT2D eigenvalue weighted by Crippen LogP contribution is -2.40. The number of likely N-dealkylation sites (tertiary alicyclic amines) is 2. The molecule has 3 unspecified atom stereocenters. The molecule has 0 radical (unpaired) electrons. The molecule has 3 atom stereocenters. The molecule has 5 rings (SSSR count).